The van der Waals surface area contributed by atoms with Crippen LogP contribution in [0.1, 0.15) is 24.2 Å². The van der Waals surface area contributed by atoms with Crippen molar-refractivity contribution in [2.75, 3.05) is 14.2 Å². The van der Waals surface area contributed by atoms with E-state index in [4.69, 9.17) is 21.1 Å². The summed E-state index contributed by atoms with van der Waals surface area (Å²) in [6, 6.07) is 6.65. The van der Waals surface area contributed by atoms with Gasteiger partial charge in [-0.3, -0.25) is 4.99 Å². The van der Waals surface area contributed by atoms with E-state index >= 15 is 0 Å². The Labute approximate surface area is 160 Å². The van der Waals surface area contributed by atoms with Gasteiger partial charge in [0, 0.05) is 22.5 Å². The van der Waals surface area contributed by atoms with E-state index in [1.165, 1.54) is 32.4 Å². The van der Waals surface area contributed by atoms with Gasteiger partial charge in [-0.05, 0) is 31.2 Å². The fourth-order valence-corrected chi connectivity index (χ4v) is 3.12. The van der Waals surface area contributed by atoms with Gasteiger partial charge in [0.15, 0.2) is 5.84 Å². The molecule has 1 aromatic carbocycles. The van der Waals surface area contributed by atoms with Gasteiger partial charge in [0.2, 0.25) is 0 Å². The zero-order valence-corrected chi connectivity index (χ0v) is 15.7. The highest BCUT2D eigenvalue weighted by Gasteiger charge is 2.32. The number of ether oxygens (including phenoxy) is 2. The van der Waals surface area contributed by atoms with E-state index in [0.29, 0.717) is 28.5 Å². The summed E-state index contributed by atoms with van der Waals surface area (Å²) in [5.41, 5.74) is 1.77. The first-order chi connectivity index (χ1) is 13.0. The first kappa shape index (κ1) is 18.8. The van der Waals surface area contributed by atoms with Crippen molar-refractivity contribution < 1.29 is 18.7 Å². The van der Waals surface area contributed by atoms with Crippen LogP contribution < -0.4 is 10.1 Å². The minimum atomic E-state index is -0.784. The number of methoxy groups -OCH3 is 2. The predicted octanol–water partition coefficient (Wildman–Crippen LogP) is 3.42. The molecule has 1 aromatic heterocycles. The van der Waals surface area contributed by atoms with Gasteiger partial charge in [-0.15, -0.1) is 0 Å². The van der Waals surface area contributed by atoms with Crippen molar-refractivity contribution in [1.29, 1.82) is 0 Å². The number of amidine groups is 1. The number of hydrogen-bond donors (Lipinski definition) is 1. The van der Waals surface area contributed by atoms with Gasteiger partial charge in [-0.2, -0.15) is 0 Å². The van der Waals surface area contributed by atoms with Gasteiger partial charge >= 0.3 is 5.97 Å². The normalized spacial score (nSPS) is 16.5. The Balaban J connectivity index is 2.17. The number of carbonyl (C=O) groups is 1. The average Bonchev–Trinajstić information content (AvgIpc) is 2.66. The van der Waals surface area contributed by atoms with Gasteiger partial charge in [-0.25, -0.2) is 14.2 Å². The summed E-state index contributed by atoms with van der Waals surface area (Å²) in [6.07, 6.45) is 1.61. The lowest BCUT2D eigenvalue weighted by Gasteiger charge is -2.26. The Kier molecular flexibility index (Phi) is 5.41. The molecule has 0 saturated carbocycles. The molecule has 0 saturated heterocycles. The Hall–Kier alpha value is -2.93. The second-order valence-electron chi connectivity index (χ2n) is 5.76. The monoisotopic (exact) mass is 389 g/mol. The Morgan fingerprint density at radius 1 is 1.30 bits per heavy atom. The van der Waals surface area contributed by atoms with Crippen molar-refractivity contribution in [3.8, 4) is 5.75 Å². The molecule has 27 heavy (non-hydrogen) atoms. The summed E-state index contributed by atoms with van der Waals surface area (Å²) >= 11 is 6.23. The second-order valence-corrected chi connectivity index (χ2v) is 6.16. The molecule has 0 aliphatic carbocycles. The minimum absolute atomic E-state index is 0.159. The first-order valence-electron chi connectivity index (χ1n) is 8.04. The van der Waals surface area contributed by atoms with E-state index in [9.17, 15) is 9.18 Å². The Morgan fingerprint density at radius 2 is 2.07 bits per heavy atom. The molecule has 1 N–H and O–H groups in total. The van der Waals surface area contributed by atoms with Gasteiger partial charge in [0.25, 0.3) is 0 Å². The second kappa shape index (κ2) is 7.75. The van der Waals surface area contributed by atoms with Crippen LogP contribution in [0.4, 0.5) is 4.39 Å². The van der Waals surface area contributed by atoms with Gasteiger partial charge < -0.3 is 14.8 Å². The predicted molar refractivity (Wildman–Crippen MR) is 99.3 cm³/mol. The van der Waals surface area contributed by atoms with Crippen molar-refractivity contribution in [3.63, 3.8) is 0 Å². The van der Waals surface area contributed by atoms with Crippen molar-refractivity contribution in [1.82, 2.24) is 10.3 Å². The summed E-state index contributed by atoms with van der Waals surface area (Å²) in [7, 11) is 2.81. The number of allylic oxidation sites excluding steroid dienone is 1. The zero-order chi connectivity index (χ0) is 19.6. The number of aromatic nitrogens is 1. The van der Waals surface area contributed by atoms with E-state index in [2.05, 4.69) is 15.3 Å². The minimum Gasteiger partial charge on any atom is -0.494 e. The molecule has 0 unspecified atom stereocenters. The maximum absolute atomic E-state index is 13.5. The van der Waals surface area contributed by atoms with Crippen molar-refractivity contribution in [2.24, 2.45) is 4.99 Å². The van der Waals surface area contributed by atoms with Crippen LogP contribution in [0, 0.1) is 5.82 Å². The molecule has 3 rings (SSSR count). The number of rotatable bonds is 4. The molecule has 0 fully saturated rings. The van der Waals surface area contributed by atoms with Crippen LogP contribution in [0.15, 0.2) is 52.8 Å². The van der Waals surface area contributed by atoms with Crippen LogP contribution in [-0.4, -0.2) is 31.0 Å². The maximum Gasteiger partial charge on any atom is 0.338 e. The molecule has 2 aromatic rings. The third kappa shape index (κ3) is 3.64. The van der Waals surface area contributed by atoms with E-state index in [1.54, 1.807) is 25.3 Å². The first-order valence-corrected chi connectivity index (χ1v) is 8.42. The van der Waals surface area contributed by atoms with Gasteiger partial charge in [-0.1, -0.05) is 17.7 Å². The van der Waals surface area contributed by atoms with Crippen LogP contribution in [0.5, 0.6) is 5.75 Å². The van der Waals surface area contributed by atoms with Crippen molar-refractivity contribution >= 4 is 23.4 Å². The Morgan fingerprint density at radius 3 is 2.74 bits per heavy atom. The third-order valence-corrected chi connectivity index (χ3v) is 4.45. The summed E-state index contributed by atoms with van der Waals surface area (Å²) in [4.78, 5) is 21.3. The number of benzene rings is 1. The van der Waals surface area contributed by atoms with Crippen LogP contribution in [0.25, 0.3) is 0 Å². The van der Waals surface area contributed by atoms with Crippen molar-refractivity contribution in [3.05, 3.63) is 69.9 Å². The topological polar surface area (TPSA) is 72.8 Å². The molecule has 0 radical (unpaired) electrons. The number of nitrogens with one attached hydrogen (secondary N) is 1. The van der Waals surface area contributed by atoms with E-state index in [-0.39, 0.29) is 10.6 Å². The molecule has 8 heteroatoms. The van der Waals surface area contributed by atoms with Crippen molar-refractivity contribution in [2.45, 2.75) is 13.0 Å². The smallest absolute Gasteiger partial charge is 0.338 e. The highest BCUT2D eigenvalue weighted by Crippen LogP contribution is 2.36. The molecule has 1 atom stereocenters. The molecule has 0 amide bonds. The average molecular weight is 390 g/mol. The summed E-state index contributed by atoms with van der Waals surface area (Å²) < 4.78 is 23.7. The number of hydrogen-bond acceptors (Lipinski definition) is 6. The van der Waals surface area contributed by atoms with Gasteiger partial charge in [0.05, 0.1) is 19.8 Å². The molecular weight excluding hydrogens is 373 g/mol. The Bertz CT molecular complexity index is 959. The molecule has 6 nitrogen and oxygen atoms in total. The quantitative estimate of drug-likeness (QED) is 0.811. The molecule has 2 heterocycles. The number of esters is 1. The molecule has 0 bridgehead atoms. The summed E-state index contributed by atoms with van der Waals surface area (Å²) in [5, 5.41) is 3.23. The number of aliphatic imine (C=N–C) groups is 1. The van der Waals surface area contributed by atoms with E-state index < -0.39 is 17.8 Å². The molecule has 0 spiro atoms. The molecular formula is C19H17ClFN3O3. The number of nitrogens with zero attached hydrogens (tertiary/aromatic N) is 2. The fourth-order valence-electron chi connectivity index (χ4n) is 2.85. The lowest BCUT2D eigenvalue weighted by Crippen LogP contribution is -2.33. The standard InChI is InChI=1S/C19H17ClFN3O3/c1-10-15(19(25)27-3)16(12-7-6-11(21)9-13(12)20)24-18(23-10)17-14(26-2)5-4-8-22-17/h4-9,16H,1-3H3,(H,23,24)/t16-/m0/s1. The van der Waals surface area contributed by atoms with E-state index in [1.807, 2.05) is 0 Å². The summed E-state index contributed by atoms with van der Waals surface area (Å²) in [5.74, 6) is -0.111. The lowest BCUT2D eigenvalue weighted by atomic mass is 9.95. The van der Waals surface area contributed by atoms with Crippen LogP contribution in [0.3, 0.4) is 0 Å². The number of halogens is 2. The largest absolute Gasteiger partial charge is 0.494 e. The number of pyridine rings is 1. The highest BCUT2D eigenvalue weighted by molar-refractivity contribution is 6.31. The van der Waals surface area contributed by atoms with Crippen LogP contribution >= 0.6 is 11.6 Å². The maximum atomic E-state index is 13.5. The molecule has 140 valence electrons. The zero-order valence-electron chi connectivity index (χ0n) is 14.9. The van der Waals surface area contributed by atoms with Gasteiger partial charge in [0.1, 0.15) is 23.3 Å². The summed E-state index contributed by atoms with van der Waals surface area (Å²) in [6.45, 7) is 1.72. The highest BCUT2D eigenvalue weighted by atomic mass is 35.5. The fraction of sp³-hybridized carbons (Fsp3) is 0.211. The molecule has 1 aliphatic heterocycles. The third-order valence-electron chi connectivity index (χ3n) is 4.12. The van der Waals surface area contributed by atoms with Crippen LogP contribution in [0.2, 0.25) is 5.02 Å². The number of carbonyl (C=O) groups excluding carboxylic acids is 1. The van der Waals surface area contributed by atoms with Crippen LogP contribution in [-0.2, 0) is 9.53 Å². The van der Waals surface area contributed by atoms with E-state index in [0.717, 1.165) is 0 Å². The lowest BCUT2D eigenvalue weighted by molar-refractivity contribution is -0.136. The SMILES string of the molecule is COC(=O)C1=C(C)NC(c2ncccc2OC)=N[C@H]1c1ccc(F)cc1Cl. The molecule has 1 aliphatic rings.